The van der Waals surface area contributed by atoms with Crippen LogP contribution in [0, 0.1) is 0 Å². The highest BCUT2D eigenvalue weighted by Gasteiger charge is 2.05. The van der Waals surface area contributed by atoms with Crippen LogP contribution in [-0.2, 0) is 13.0 Å². The Labute approximate surface area is 189 Å². The van der Waals surface area contributed by atoms with Gasteiger partial charge >= 0.3 is 0 Å². The highest BCUT2D eigenvalue weighted by atomic mass is 127. The van der Waals surface area contributed by atoms with E-state index < -0.39 is 0 Å². The third-order valence-electron chi connectivity index (χ3n) is 4.40. The number of rotatable bonds is 8. The topological polar surface area (TPSA) is 58.5 Å². The fourth-order valence-corrected chi connectivity index (χ4v) is 3.02. The highest BCUT2D eigenvalue weighted by molar-refractivity contribution is 14.0. The van der Waals surface area contributed by atoms with E-state index in [1.165, 1.54) is 10.9 Å². The lowest BCUT2D eigenvalue weighted by Gasteiger charge is -2.14. The van der Waals surface area contributed by atoms with Gasteiger partial charge < -0.3 is 15.4 Å². The van der Waals surface area contributed by atoms with Crippen molar-refractivity contribution in [2.24, 2.45) is 4.99 Å². The highest BCUT2D eigenvalue weighted by Crippen LogP contribution is 2.18. The molecule has 0 atom stereocenters. The zero-order valence-corrected chi connectivity index (χ0v) is 18.9. The van der Waals surface area contributed by atoms with Gasteiger partial charge in [-0.1, -0.05) is 55.1 Å². The van der Waals surface area contributed by atoms with Gasteiger partial charge in [0.1, 0.15) is 12.4 Å². The molecule has 2 aromatic carbocycles. The molecule has 0 radical (unpaired) electrons. The number of guanidine groups is 1. The number of benzene rings is 2. The summed E-state index contributed by atoms with van der Waals surface area (Å²) in [5, 5.41) is 7.88. The summed E-state index contributed by atoms with van der Waals surface area (Å²) in [6.45, 7) is 5.58. The maximum atomic E-state index is 5.71. The van der Waals surface area contributed by atoms with Crippen molar-refractivity contribution < 1.29 is 4.74 Å². The number of fused-ring (bicyclic) bond motifs is 1. The molecule has 152 valence electrons. The van der Waals surface area contributed by atoms with Crippen LogP contribution in [-0.4, -0.2) is 31.1 Å². The Morgan fingerprint density at radius 2 is 1.86 bits per heavy atom. The molecule has 0 aliphatic rings. The normalized spacial score (nSPS) is 10.9. The van der Waals surface area contributed by atoms with Crippen LogP contribution >= 0.6 is 24.0 Å². The molecule has 3 aromatic rings. The molecule has 0 bridgehead atoms. The third kappa shape index (κ3) is 6.45. The Hall–Kier alpha value is -2.61. The van der Waals surface area contributed by atoms with Gasteiger partial charge in [0, 0.05) is 37.3 Å². The van der Waals surface area contributed by atoms with Crippen LogP contribution in [0.2, 0.25) is 0 Å². The molecular formula is C23H27IN4O. The third-order valence-corrected chi connectivity index (χ3v) is 4.40. The zero-order chi connectivity index (χ0) is 19.6. The molecule has 5 nitrogen and oxygen atoms in total. The number of pyridine rings is 1. The first-order valence-corrected chi connectivity index (χ1v) is 9.40. The van der Waals surface area contributed by atoms with Crippen LogP contribution in [0.3, 0.4) is 0 Å². The number of nitrogens with zero attached hydrogens (tertiary/aromatic N) is 2. The molecule has 1 heterocycles. The predicted molar refractivity (Wildman–Crippen MR) is 131 cm³/mol. The van der Waals surface area contributed by atoms with Crippen molar-refractivity contribution in [3.8, 4) is 5.75 Å². The standard InChI is InChI=1S/C23H26N4O.HI/c1-3-16-28-21-12-5-4-8-20(21)17-27-23(24-2)26-15-13-19-10-6-9-18-11-7-14-25-22(18)19;/h3-12,14H,1,13,15-17H2,2H3,(H2,24,26,27);1H. The van der Waals surface area contributed by atoms with E-state index in [4.69, 9.17) is 4.74 Å². The van der Waals surface area contributed by atoms with E-state index in [1.807, 2.05) is 36.5 Å². The van der Waals surface area contributed by atoms with Gasteiger partial charge in [-0.3, -0.25) is 9.98 Å². The molecule has 0 amide bonds. The van der Waals surface area contributed by atoms with E-state index in [1.54, 1.807) is 13.1 Å². The number of hydrogen-bond acceptors (Lipinski definition) is 3. The monoisotopic (exact) mass is 502 g/mol. The van der Waals surface area contributed by atoms with Gasteiger partial charge in [-0.25, -0.2) is 0 Å². The van der Waals surface area contributed by atoms with Crippen LogP contribution in [0.4, 0.5) is 0 Å². The lowest BCUT2D eigenvalue weighted by atomic mass is 10.1. The molecule has 6 heteroatoms. The fraction of sp³-hybridized carbons (Fsp3) is 0.217. The first-order valence-electron chi connectivity index (χ1n) is 9.40. The summed E-state index contributed by atoms with van der Waals surface area (Å²) in [6.07, 6.45) is 4.45. The number of aromatic nitrogens is 1. The Bertz CT molecular complexity index is 953. The van der Waals surface area contributed by atoms with Gasteiger partial charge in [0.25, 0.3) is 0 Å². The van der Waals surface area contributed by atoms with Gasteiger partial charge in [0.05, 0.1) is 5.52 Å². The Morgan fingerprint density at radius 3 is 2.69 bits per heavy atom. The molecule has 0 unspecified atom stereocenters. The molecule has 2 N–H and O–H groups in total. The maximum absolute atomic E-state index is 5.71. The summed E-state index contributed by atoms with van der Waals surface area (Å²) in [5.41, 5.74) is 3.36. The zero-order valence-electron chi connectivity index (χ0n) is 16.6. The van der Waals surface area contributed by atoms with Crippen molar-refractivity contribution in [3.63, 3.8) is 0 Å². The molecular weight excluding hydrogens is 475 g/mol. The van der Waals surface area contributed by atoms with Crippen LogP contribution in [0.1, 0.15) is 11.1 Å². The minimum Gasteiger partial charge on any atom is -0.489 e. The van der Waals surface area contributed by atoms with Crippen LogP contribution < -0.4 is 15.4 Å². The minimum atomic E-state index is 0. The van der Waals surface area contributed by atoms with E-state index in [-0.39, 0.29) is 24.0 Å². The van der Waals surface area contributed by atoms with Gasteiger partial charge in [0.15, 0.2) is 5.96 Å². The average Bonchev–Trinajstić information content (AvgIpc) is 2.75. The Morgan fingerprint density at radius 1 is 1.07 bits per heavy atom. The minimum absolute atomic E-state index is 0. The Balaban J connectivity index is 0.00000300. The number of para-hydroxylation sites is 2. The second kappa shape index (κ2) is 12.1. The molecule has 0 saturated heterocycles. The molecule has 0 saturated carbocycles. The summed E-state index contributed by atoms with van der Waals surface area (Å²) in [5.74, 6) is 1.61. The molecule has 1 aromatic heterocycles. The van der Waals surface area contributed by atoms with Crippen LogP contribution in [0.5, 0.6) is 5.75 Å². The number of hydrogen-bond donors (Lipinski definition) is 2. The number of halogens is 1. The SMILES string of the molecule is C=CCOc1ccccc1CNC(=NC)NCCc1cccc2cccnc12.I. The second-order valence-corrected chi connectivity index (χ2v) is 6.30. The van der Waals surface area contributed by atoms with Crippen molar-refractivity contribution in [2.75, 3.05) is 20.2 Å². The molecule has 3 rings (SSSR count). The van der Waals surface area contributed by atoms with E-state index >= 15 is 0 Å². The van der Waals surface area contributed by atoms with Gasteiger partial charge in [-0.15, -0.1) is 24.0 Å². The van der Waals surface area contributed by atoms with Crippen molar-refractivity contribution in [1.29, 1.82) is 0 Å². The fourth-order valence-electron chi connectivity index (χ4n) is 3.02. The van der Waals surface area contributed by atoms with Crippen molar-refractivity contribution >= 4 is 40.8 Å². The summed E-state index contributed by atoms with van der Waals surface area (Å²) in [4.78, 5) is 8.82. The van der Waals surface area contributed by atoms with Crippen molar-refractivity contribution in [1.82, 2.24) is 15.6 Å². The average molecular weight is 502 g/mol. The largest absolute Gasteiger partial charge is 0.489 e. The van der Waals surface area contributed by atoms with Crippen molar-refractivity contribution in [2.45, 2.75) is 13.0 Å². The lowest BCUT2D eigenvalue weighted by Crippen LogP contribution is -2.38. The smallest absolute Gasteiger partial charge is 0.191 e. The maximum Gasteiger partial charge on any atom is 0.191 e. The number of ether oxygens (including phenoxy) is 1. The van der Waals surface area contributed by atoms with E-state index in [0.29, 0.717) is 13.2 Å². The van der Waals surface area contributed by atoms with Gasteiger partial charge in [0.2, 0.25) is 0 Å². The first kappa shape index (κ1) is 22.7. The lowest BCUT2D eigenvalue weighted by molar-refractivity contribution is 0.358. The summed E-state index contributed by atoms with van der Waals surface area (Å²) in [6, 6.07) is 18.3. The molecule has 0 fully saturated rings. The molecule has 0 aliphatic carbocycles. The first-order chi connectivity index (χ1) is 13.8. The Kier molecular flexibility index (Phi) is 9.43. The van der Waals surface area contributed by atoms with Gasteiger partial charge in [-0.05, 0) is 24.1 Å². The van der Waals surface area contributed by atoms with Crippen LogP contribution in [0.15, 0.2) is 78.4 Å². The quantitative estimate of drug-likeness (QED) is 0.209. The molecule has 0 spiro atoms. The summed E-state index contributed by atoms with van der Waals surface area (Å²) < 4.78 is 5.71. The van der Waals surface area contributed by atoms with E-state index in [0.717, 1.165) is 35.8 Å². The summed E-state index contributed by atoms with van der Waals surface area (Å²) >= 11 is 0. The number of aliphatic imine (C=N–C) groups is 1. The molecule has 29 heavy (non-hydrogen) atoms. The second-order valence-electron chi connectivity index (χ2n) is 6.30. The van der Waals surface area contributed by atoms with Gasteiger partial charge in [-0.2, -0.15) is 0 Å². The summed E-state index contributed by atoms with van der Waals surface area (Å²) in [7, 11) is 1.77. The van der Waals surface area contributed by atoms with E-state index in [2.05, 4.69) is 51.5 Å². The molecule has 0 aliphatic heterocycles. The van der Waals surface area contributed by atoms with E-state index in [9.17, 15) is 0 Å². The predicted octanol–water partition coefficient (Wildman–Crippen LogP) is 4.33. The number of nitrogens with one attached hydrogen (secondary N) is 2. The van der Waals surface area contributed by atoms with Crippen molar-refractivity contribution in [3.05, 3.63) is 84.6 Å². The van der Waals surface area contributed by atoms with Crippen LogP contribution in [0.25, 0.3) is 10.9 Å².